The summed E-state index contributed by atoms with van der Waals surface area (Å²) in [5, 5.41) is 7.86. The third-order valence-corrected chi connectivity index (χ3v) is 5.97. The lowest BCUT2D eigenvalue weighted by Crippen LogP contribution is -2.24. The molecule has 6 nitrogen and oxygen atoms in total. The fraction of sp³-hybridized carbons (Fsp3) is 0.185. The summed E-state index contributed by atoms with van der Waals surface area (Å²) in [6, 6.07) is 19.2. The molecule has 0 radical (unpaired) electrons. The molecule has 1 aliphatic rings. The van der Waals surface area contributed by atoms with Crippen LogP contribution in [0.3, 0.4) is 0 Å². The highest BCUT2D eigenvalue weighted by atomic mass is 35.5. The van der Waals surface area contributed by atoms with Crippen molar-refractivity contribution in [3.63, 3.8) is 0 Å². The number of halogens is 3. The first kappa shape index (κ1) is 23.8. The summed E-state index contributed by atoms with van der Waals surface area (Å²) in [5.41, 5.74) is 3.39. The molecule has 1 N–H and O–H groups in total. The molecule has 0 saturated heterocycles. The number of alkyl halides is 2. The quantitative estimate of drug-likeness (QED) is 0.307. The van der Waals surface area contributed by atoms with E-state index in [1.165, 1.54) is 10.7 Å². The number of anilines is 1. The fourth-order valence-corrected chi connectivity index (χ4v) is 4.37. The van der Waals surface area contributed by atoms with E-state index in [1.807, 2.05) is 56.3 Å². The van der Waals surface area contributed by atoms with Gasteiger partial charge >= 0.3 is 12.6 Å². The minimum Gasteiger partial charge on any atom is -0.483 e. The van der Waals surface area contributed by atoms with Gasteiger partial charge < -0.3 is 14.8 Å². The maximum absolute atomic E-state index is 13.2. The highest BCUT2D eigenvalue weighted by molar-refractivity contribution is 6.30. The summed E-state index contributed by atoms with van der Waals surface area (Å²) in [6.45, 7) is 0.670. The predicted molar refractivity (Wildman–Crippen MR) is 134 cm³/mol. The summed E-state index contributed by atoms with van der Waals surface area (Å²) >= 11 is 6.05. The summed E-state index contributed by atoms with van der Waals surface area (Å²) in [5.74, 6) is 0.129. The molecule has 0 spiro atoms. The zero-order chi connectivity index (χ0) is 25.4. The minimum absolute atomic E-state index is 0.129. The van der Waals surface area contributed by atoms with Crippen molar-refractivity contribution in [3.05, 3.63) is 83.5 Å². The van der Waals surface area contributed by atoms with Crippen molar-refractivity contribution in [3.8, 4) is 33.9 Å². The molecule has 0 fully saturated rings. The number of amides is 1. The van der Waals surface area contributed by atoms with Crippen LogP contribution in [0.2, 0.25) is 5.02 Å². The number of fused-ring (bicyclic) bond motifs is 1. The number of rotatable bonds is 5. The van der Waals surface area contributed by atoms with Crippen LogP contribution in [0.5, 0.6) is 11.5 Å². The van der Waals surface area contributed by atoms with Crippen LogP contribution in [0.25, 0.3) is 22.4 Å². The SMILES string of the molecule is CC1(C)Cc2cc(NC(=O)n3cc(-c4ccccc4)c(-c4ccc(Cl)cc4)n3)cc(OC(F)F)c2O1. The molecular formula is C27H22ClF2N3O3. The van der Waals surface area contributed by atoms with E-state index in [4.69, 9.17) is 16.3 Å². The molecule has 4 aromatic rings. The standard InChI is InChI=1S/C27H22ClF2N3O3/c1-27(2)14-18-12-20(13-22(24(18)36-27)35-25(29)30)31-26(34)33-15-21(16-6-4-3-5-7-16)23(32-33)17-8-10-19(28)11-9-17/h3-13,15,25H,14H2,1-2H3,(H,31,34). The molecule has 2 heterocycles. The second kappa shape index (κ2) is 9.28. The largest absolute Gasteiger partial charge is 0.483 e. The van der Waals surface area contributed by atoms with Gasteiger partial charge in [-0.05, 0) is 37.6 Å². The molecule has 0 aliphatic carbocycles. The van der Waals surface area contributed by atoms with E-state index in [0.29, 0.717) is 28.4 Å². The van der Waals surface area contributed by atoms with Crippen molar-refractivity contribution in [2.45, 2.75) is 32.5 Å². The van der Waals surface area contributed by atoms with Crippen LogP contribution in [0, 0.1) is 0 Å². The van der Waals surface area contributed by atoms with E-state index in [-0.39, 0.29) is 11.5 Å². The van der Waals surface area contributed by atoms with Crippen molar-refractivity contribution < 1.29 is 23.0 Å². The summed E-state index contributed by atoms with van der Waals surface area (Å²) < 4.78 is 37.8. The van der Waals surface area contributed by atoms with Gasteiger partial charge in [0.2, 0.25) is 0 Å². The Morgan fingerprint density at radius 2 is 1.83 bits per heavy atom. The number of nitrogens with one attached hydrogen (secondary N) is 1. The lowest BCUT2D eigenvalue weighted by Gasteiger charge is -2.18. The van der Waals surface area contributed by atoms with E-state index in [1.54, 1.807) is 24.4 Å². The van der Waals surface area contributed by atoms with Crippen molar-refractivity contribution in [2.24, 2.45) is 0 Å². The maximum Gasteiger partial charge on any atom is 0.387 e. The molecule has 1 aromatic heterocycles. The number of hydrogen-bond acceptors (Lipinski definition) is 4. The number of ether oxygens (including phenoxy) is 2. The van der Waals surface area contributed by atoms with E-state index in [9.17, 15) is 13.6 Å². The first-order chi connectivity index (χ1) is 17.2. The molecule has 0 saturated carbocycles. The number of carbonyl (C=O) groups excluding carboxylic acids is 1. The third-order valence-electron chi connectivity index (χ3n) is 5.72. The highest BCUT2D eigenvalue weighted by Gasteiger charge is 2.34. The molecule has 5 rings (SSSR count). The van der Waals surface area contributed by atoms with Crippen LogP contribution in [-0.2, 0) is 6.42 Å². The van der Waals surface area contributed by atoms with Gasteiger partial charge in [0.1, 0.15) is 11.3 Å². The molecule has 3 aromatic carbocycles. The molecule has 0 atom stereocenters. The average Bonchev–Trinajstić information content (AvgIpc) is 3.40. The van der Waals surface area contributed by atoms with E-state index in [0.717, 1.165) is 16.7 Å². The van der Waals surface area contributed by atoms with E-state index in [2.05, 4.69) is 15.2 Å². The van der Waals surface area contributed by atoms with Crippen LogP contribution in [-0.4, -0.2) is 28.0 Å². The maximum atomic E-state index is 13.2. The van der Waals surface area contributed by atoms with Crippen LogP contribution in [0.15, 0.2) is 72.9 Å². The Bertz CT molecular complexity index is 1420. The Morgan fingerprint density at radius 3 is 2.53 bits per heavy atom. The van der Waals surface area contributed by atoms with Crippen LogP contribution in [0.4, 0.5) is 19.3 Å². The smallest absolute Gasteiger partial charge is 0.387 e. The lowest BCUT2D eigenvalue weighted by molar-refractivity contribution is -0.0522. The molecule has 1 amide bonds. The third kappa shape index (κ3) is 4.90. The number of nitrogens with zero attached hydrogens (tertiary/aromatic N) is 2. The van der Waals surface area contributed by atoms with Gasteiger partial charge in [-0.2, -0.15) is 18.6 Å². The Hall–Kier alpha value is -3.91. The topological polar surface area (TPSA) is 65.4 Å². The number of carbonyl (C=O) groups is 1. The van der Waals surface area contributed by atoms with Gasteiger partial charge in [0.15, 0.2) is 11.5 Å². The Balaban J connectivity index is 1.50. The Morgan fingerprint density at radius 1 is 1.11 bits per heavy atom. The molecule has 184 valence electrons. The van der Waals surface area contributed by atoms with Crippen molar-refractivity contribution >= 4 is 23.3 Å². The number of benzene rings is 3. The average molecular weight is 510 g/mol. The zero-order valence-corrected chi connectivity index (χ0v) is 20.2. The van der Waals surface area contributed by atoms with Gasteiger partial charge in [0.05, 0.1) is 0 Å². The van der Waals surface area contributed by atoms with Crippen molar-refractivity contribution in [1.82, 2.24) is 9.78 Å². The van der Waals surface area contributed by atoms with Crippen LogP contribution in [0.1, 0.15) is 19.4 Å². The van der Waals surface area contributed by atoms with Crippen molar-refractivity contribution in [2.75, 3.05) is 5.32 Å². The Kier molecular flexibility index (Phi) is 6.14. The van der Waals surface area contributed by atoms with Gasteiger partial charge in [-0.15, -0.1) is 0 Å². The molecule has 1 aliphatic heterocycles. The lowest BCUT2D eigenvalue weighted by atomic mass is 10.0. The first-order valence-corrected chi connectivity index (χ1v) is 11.6. The second-order valence-corrected chi connectivity index (χ2v) is 9.46. The minimum atomic E-state index is -3.03. The highest BCUT2D eigenvalue weighted by Crippen LogP contribution is 2.44. The second-order valence-electron chi connectivity index (χ2n) is 9.02. The first-order valence-electron chi connectivity index (χ1n) is 11.2. The van der Waals surface area contributed by atoms with Gasteiger partial charge in [-0.3, -0.25) is 0 Å². The van der Waals surface area contributed by atoms with Crippen LogP contribution >= 0.6 is 11.6 Å². The molecule has 0 bridgehead atoms. The van der Waals surface area contributed by atoms with E-state index < -0.39 is 18.2 Å². The number of hydrogen-bond donors (Lipinski definition) is 1. The molecule has 0 unspecified atom stereocenters. The molecule has 9 heteroatoms. The van der Waals surface area contributed by atoms with E-state index >= 15 is 0 Å². The molecular weight excluding hydrogens is 488 g/mol. The fourth-order valence-electron chi connectivity index (χ4n) is 4.24. The van der Waals surface area contributed by atoms with Gasteiger partial charge in [-0.1, -0.05) is 54.1 Å². The number of aromatic nitrogens is 2. The Labute approximate surface area is 211 Å². The summed E-state index contributed by atoms with van der Waals surface area (Å²) in [6.07, 6.45) is 2.11. The molecule has 36 heavy (non-hydrogen) atoms. The normalized spacial score (nSPS) is 13.8. The van der Waals surface area contributed by atoms with Gasteiger partial charge in [0, 0.05) is 46.1 Å². The van der Waals surface area contributed by atoms with Crippen molar-refractivity contribution in [1.29, 1.82) is 0 Å². The zero-order valence-electron chi connectivity index (χ0n) is 19.5. The van der Waals surface area contributed by atoms with Gasteiger partial charge in [-0.25, -0.2) is 4.79 Å². The summed E-state index contributed by atoms with van der Waals surface area (Å²) in [7, 11) is 0. The van der Waals surface area contributed by atoms with Crippen LogP contribution < -0.4 is 14.8 Å². The summed E-state index contributed by atoms with van der Waals surface area (Å²) in [4.78, 5) is 13.2. The monoisotopic (exact) mass is 509 g/mol. The van der Waals surface area contributed by atoms with Gasteiger partial charge in [0.25, 0.3) is 0 Å². The predicted octanol–water partition coefficient (Wildman–Crippen LogP) is 7.27.